The summed E-state index contributed by atoms with van der Waals surface area (Å²) in [5, 5.41) is 0. The lowest BCUT2D eigenvalue weighted by atomic mass is 10.3. The molecule has 2 rings (SSSR count). The van der Waals surface area contributed by atoms with E-state index >= 15 is 0 Å². The van der Waals surface area contributed by atoms with Crippen LogP contribution in [-0.4, -0.2) is 18.4 Å². The lowest BCUT2D eigenvalue weighted by Gasteiger charge is -2.06. The van der Waals surface area contributed by atoms with Gasteiger partial charge in [0, 0.05) is 6.20 Å². The molecular formula is C10H10ClN3O2S2. The summed E-state index contributed by atoms with van der Waals surface area (Å²) in [5.74, 6) is 0. The Hall–Kier alpha value is -1.18. The van der Waals surface area contributed by atoms with Gasteiger partial charge in [0.15, 0.2) is 8.68 Å². The molecule has 0 saturated carbocycles. The van der Waals surface area contributed by atoms with Crippen LogP contribution >= 0.6 is 22.9 Å². The number of pyridine rings is 1. The molecule has 5 nitrogen and oxygen atoms in total. The second-order valence-corrected chi connectivity index (χ2v) is 7.16. The van der Waals surface area contributed by atoms with Gasteiger partial charge in [-0.2, -0.15) is 0 Å². The SMILES string of the molecule is Cc1cncc(NS(=O)(=O)c2sc(Cl)nc2C)c1. The molecule has 0 saturated heterocycles. The molecule has 0 amide bonds. The van der Waals surface area contributed by atoms with Crippen molar-refractivity contribution in [1.82, 2.24) is 9.97 Å². The van der Waals surface area contributed by atoms with Crippen molar-refractivity contribution in [3.05, 3.63) is 34.2 Å². The van der Waals surface area contributed by atoms with Crippen LogP contribution in [0.2, 0.25) is 4.47 Å². The normalized spacial score (nSPS) is 11.5. The van der Waals surface area contributed by atoms with Crippen LogP contribution in [0.15, 0.2) is 22.7 Å². The van der Waals surface area contributed by atoms with Crippen LogP contribution in [0, 0.1) is 13.8 Å². The zero-order valence-electron chi connectivity index (χ0n) is 9.64. The fourth-order valence-corrected chi connectivity index (χ4v) is 4.19. The van der Waals surface area contributed by atoms with Crippen LogP contribution in [-0.2, 0) is 10.0 Å². The molecule has 0 bridgehead atoms. The Balaban J connectivity index is 2.36. The van der Waals surface area contributed by atoms with Crippen molar-refractivity contribution in [3.63, 3.8) is 0 Å². The zero-order chi connectivity index (χ0) is 13.3. The van der Waals surface area contributed by atoms with E-state index in [0.29, 0.717) is 11.4 Å². The molecular weight excluding hydrogens is 294 g/mol. The number of sulfonamides is 1. The third kappa shape index (κ3) is 2.80. The Morgan fingerprint density at radius 3 is 2.61 bits per heavy atom. The molecule has 0 aliphatic rings. The molecule has 18 heavy (non-hydrogen) atoms. The highest BCUT2D eigenvalue weighted by Crippen LogP contribution is 2.28. The van der Waals surface area contributed by atoms with E-state index in [1.165, 1.54) is 6.20 Å². The monoisotopic (exact) mass is 303 g/mol. The molecule has 1 N–H and O–H groups in total. The van der Waals surface area contributed by atoms with Crippen LogP contribution in [0.4, 0.5) is 5.69 Å². The van der Waals surface area contributed by atoms with Gasteiger partial charge in [0.05, 0.1) is 17.6 Å². The van der Waals surface area contributed by atoms with Crippen LogP contribution in [0.5, 0.6) is 0 Å². The first-order valence-electron chi connectivity index (χ1n) is 4.96. The highest BCUT2D eigenvalue weighted by Gasteiger charge is 2.21. The van der Waals surface area contributed by atoms with Crippen LogP contribution in [0.1, 0.15) is 11.3 Å². The van der Waals surface area contributed by atoms with Crippen molar-refractivity contribution in [3.8, 4) is 0 Å². The van der Waals surface area contributed by atoms with Crippen molar-refractivity contribution in [2.24, 2.45) is 0 Å². The number of anilines is 1. The average molecular weight is 304 g/mol. The minimum absolute atomic E-state index is 0.119. The van der Waals surface area contributed by atoms with Crippen molar-refractivity contribution < 1.29 is 8.42 Å². The second-order valence-electron chi connectivity index (χ2n) is 3.70. The summed E-state index contributed by atoms with van der Waals surface area (Å²) >= 11 is 6.63. The van der Waals surface area contributed by atoms with Gasteiger partial charge in [0.25, 0.3) is 10.0 Å². The van der Waals surface area contributed by atoms with E-state index in [1.54, 1.807) is 19.2 Å². The first-order valence-corrected chi connectivity index (χ1v) is 7.63. The number of rotatable bonds is 3. The smallest absolute Gasteiger partial charge is 0.273 e. The molecule has 0 radical (unpaired) electrons. The molecule has 0 unspecified atom stereocenters. The first kappa shape index (κ1) is 13.3. The summed E-state index contributed by atoms with van der Waals surface area (Å²) in [7, 11) is -3.66. The number of nitrogens with zero attached hydrogens (tertiary/aromatic N) is 2. The predicted octanol–water partition coefficient (Wildman–Crippen LogP) is 2.61. The number of aromatic nitrogens is 2. The Labute approximate surface area is 114 Å². The Kier molecular flexibility index (Phi) is 3.56. The van der Waals surface area contributed by atoms with Gasteiger partial charge < -0.3 is 0 Å². The van der Waals surface area contributed by atoms with Crippen LogP contribution in [0.3, 0.4) is 0 Å². The van der Waals surface area contributed by atoms with Gasteiger partial charge in [-0.05, 0) is 25.5 Å². The predicted molar refractivity (Wildman–Crippen MR) is 71.6 cm³/mol. The zero-order valence-corrected chi connectivity index (χ0v) is 12.0. The van der Waals surface area contributed by atoms with Gasteiger partial charge in [-0.15, -0.1) is 0 Å². The summed E-state index contributed by atoms with van der Waals surface area (Å²) < 4.78 is 27.0. The van der Waals surface area contributed by atoms with Crippen molar-refractivity contribution >= 4 is 38.6 Å². The molecule has 2 heterocycles. The summed E-state index contributed by atoms with van der Waals surface area (Å²) in [6, 6.07) is 1.70. The van der Waals surface area contributed by atoms with E-state index in [1.807, 2.05) is 6.92 Å². The molecule has 0 aliphatic carbocycles. The van der Waals surface area contributed by atoms with Gasteiger partial charge >= 0.3 is 0 Å². The largest absolute Gasteiger partial charge is 0.277 e. The number of thiazole rings is 1. The van der Waals surface area contributed by atoms with Gasteiger partial charge in [-0.25, -0.2) is 13.4 Å². The lowest BCUT2D eigenvalue weighted by Crippen LogP contribution is -2.12. The molecule has 0 fully saturated rings. The highest BCUT2D eigenvalue weighted by molar-refractivity contribution is 7.94. The van der Waals surface area contributed by atoms with Gasteiger partial charge in [0.2, 0.25) is 0 Å². The van der Waals surface area contributed by atoms with E-state index in [9.17, 15) is 8.42 Å². The maximum Gasteiger partial charge on any atom is 0.273 e. The number of hydrogen-bond donors (Lipinski definition) is 1. The molecule has 0 aromatic carbocycles. The maximum absolute atomic E-state index is 12.1. The molecule has 96 valence electrons. The number of nitrogens with one attached hydrogen (secondary N) is 1. The Bertz CT molecular complexity index is 682. The third-order valence-corrected chi connectivity index (χ3v) is 5.35. The second kappa shape index (κ2) is 4.83. The van der Waals surface area contributed by atoms with E-state index in [-0.39, 0.29) is 8.68 Å². The minimum Gasteiger partial charge on any atom is -0.277 e. The minimum atomic E-state index is -3.66. The molecule has 0 spiro atoms. The van der Waals surface area contributed by atoms with Crippen LogP contribution in [0.25, 0.3) is 0 Å². The highest BCUT2D eigenvalue weighted by atomic mass is 35.5. The van der Waals surface area contributed by atoms with Crippen molar-refractivity contribution in [2.75, 3.05) is 4.72 Å². The Morgan fingerprint density at radius 1 is 1.33 bits per heavy atom. The molecule has 2 aromatic rings. The van der Waals surface area contributed by atoms with Crippen molar-refractivity contribution in [1.29, 1.82) is 0 Å². The fourth-order valence-electron chi connectivity index (χ4n) is 1.41. The topological polar surface area (TPSA) is 72.0 Å². The molecule has 0 aliphatic heterocycles. The lowest BCUT2D eigenvalue weighted by molar-refractivity contribution is 0.602. The van der Waals surface area contributed by atoms with E-state index in [0.717, 1.165) is 16.9 Å². The average Bonchev–Trinajstić information content (AvgIpc) is 2.58. The number of halogens is 1. The van der Waals surface area contributed by atoms with Gasteiger partial charge in [0.1, 0.15) is 0 Å². The summed E-state index contributed by atoms with van der Waals surface area (Å²) in [5.41, 5.74) is 1.67. The fraction of sp³-hybridized carbons (Fsp3) is 0.200. The third-order valence-electron chi connectivity index (χ3n) is 2.10. The maximum atomic E-state index is 12.1. The molecule has 2 aromatic heterocycles. The molecule has 8 heteroatoms. The van der Waals surface area contributed by atoms with E-state index < -0.39 is 10.0 Å². The van der Waals surface area contributed by atoms with Crippen LogP contribution < -0.4 is 4.72 Å². The summed E-state index contributed by atoms with van der Waals surface area (Å²) in [6.07, 6.45) is 3.09. The Morgan fingerprint density at radius 2 is 2.06 bits per heavy atom. The summed E-state index contributed by atoms with van der Waals surface area (Å²) in [4.78, 5) is 7.81. The standard InChI is InChI=1S/C10H10ClN3O2S2/c1-6-3-8(5-12-4-6)14-18(15,16)9-7(2)13-10(11)17-9/h3-5,14H,1-2H3. The quantitative estimate of drug-likeness (QED) is 0.946. The van der Waals surface area contributed by atoms with Crippen molar-refractivity contribution in [2.45, 2.75) is 18.1 Å². The number of aryl methyl sites for hydroxylation is 2. The summed E-state index contributed by atoms with van der Waals surface area (Å²) in [6.45, 7) is 3.44. The first-order chi connectivity index (χ1) is 8.38. The van der Waals surface area contributed by atoms with Gasteiger partial charge in [-0.1, -0.05) is 22.9 Å². The van der Waals surface area contributed by atoms with E-state index in [4.69, 9.17) is 11.6 Å². The van der Waals surface area contributed by atoms with Gasteiger partial charge in [-0.3, -0.25) is 9.71 Å². The van der Waals surface area contributed by atoms with E-state index in [2.05, 4.69) is 14.7 Å². The number of hydrogen-bond acceptors (Lipinski definition) is 5. The molecule has 0 atom stereocenters.